The molecule has 1 aliphatic heterocycles. The Morgan fingerprint density at radius 2 is 1.98 bits per heavy atom. The van der Waals surface area contributed by atoms with Crippen LogP contribution in [-0.4, -0.2) is 38.8 Å². The van der Waals surface area contributed by atoms with Crippen LogP contribution < -0.4 is 14.2 Å². The number of aryl methyl sites for hydroxylation is 1. The van der Waals surface area contributed by atoms with Crippen LogP contribution in [0.4, 0.5) is 0 Å². The van der Waals surface area contributed by atoms with E-state index in [1.54, 1.807) is 37.3 Å². The van der Waals surface area contributed by atoms with E-state index in [0.29, 0.717) is 41.4 Å². The molecule has 4 rings (SSSR count). The van der Waals surface area contributed by atoms with Gasteiger partial charge >= 0.3 is 5.97 Å². The maximum atomic E-state index is 13.8. The third-order valence-corrected chi connectivity index (χ3v) is 9.19. The van der Waals surface area contributed by atoms with Crippen molar-refractivity contribution < 1.29 is 32.5 Å². The van der Waals surface area contributed by atoms with Gasteiger partial charge in [-0.25, -0.2) is 13.2 Å². The first kappa shape index (κ1) is 34.8. The quantitative estimate of drug-likeness (QED) is 0.180. The second-order valence-electron chi connectivity index (χ2n) is 12.9. The van der Waals surface area contributed by atoms with Crippen molar-refractivity contribution in [1.82, 2.24) is 4.72 Å². The van der Waals surface area contributed by atoms with E-state index in [4.69, 9.17) is 14.2 Å². The van der Waals surface area contributed by atoms with Gasteiger partial charge in [-0.1, -0.05) is 58.6 Å². The monoisotopic (exact) mass is 647 g/mol. The standard InChI is InChI=1S/C37H45NO7S/c1-8-10-14-28(9-2)45-29-15-11-16-30(22-29)46(41,42)38-31-20-24(3)33(27-17-18-32-26(21-27)13-12-19-43-32)34(25(31)4)35(36(39)40)44-23-37(5,6)7/h8-11,14-18,21-22,24,35,38H,2,12-13,19-20,23H2,1,3-7H3,(H,39,40)/b10-8-,28-14+. The molecule has 0 radical (unpaired) electrons. The van der Waals surface area contributed by atoms with E-state index in [2.05, 4.69) is 17.4 Å². The van der Waals surface area contributed by atoms with Crippen molar-refractivity contribution >= 4 is 21.6 Å². The van der Waals surface area contributed by atoms with E-state index >= 15 is 0 Å². The molecule has 8 nitrogen and oxygen atoms in total. The Kier molecular flexibility index (Phi) is 11.0. The highest BCUT2D eigenvalue weighted by Gasteiger charge is 2.36. The first-order valence-corrected chi connectivity index (χ1v) is 17.0. The minimum Gasteiger partial charge on any atom is -0.493 e. The number of hydrogen-bond acceptors (Lipinski definition) is 6. The molecular weight excluding hydrogens is 602 g/mol. The SMILES string of the molecule is C=C/C(=C\C=C/C)Oc1cccc(S(=O)(=O)NC2=C(C)C(C(OCC(C)(C)C)C(=O)O)=C(c3ccc4c(c3)CCCO4)C(C)C2)c1. The molecule has 0 amide bonds. The number of benzene rings is 2. The second-order valence-corrected chi connectivity index (χ2v) is 14.6. The van der Waals surface area contributed by atoms with Crippen LogP contribution in [0.15, 0.2) is 101 Å². The summed E-state index contributed by atoms with van der Waals surface area (Å²) in [6.45, 7) is 16.2. The summed E-state index contributed by atoms with van der Waals surface area (Å²) in [5, 5.41) is 10.5. The number of carboxylic acids is 1. The van der Waals surface area contributed by atoms with Crippen molar-refractivity contribution in [2.45, 2.75) is 71.8 Å². The van der Waals surface area contributed by atoms with Crippen molar-refractivity contribution in [2.75, 3.05) is 13.2 Å². The maximum absolute atomic E-state index is 13.8. The Labute approximate surface area is 273 Å². The number of nitrogens with one attached hydrogen (secondary N) is 1. The number of fused-ring (bicyclic) bond motifs is 1. The molecule has 2 unspecified atom stereocenters. The number of hydrogen-bond donors (Lipinski definition) is 2. The van der Waals surface area contributed by atoms with Crippen LogP contribution in [0.25, 0.3) is 5.57 Å². The van der Waals surface area contributed by atoms with Crippen LogP contribution in [0.2, 0.25) is 0 Å². The normalized spacial score (nSPS) is 18.2. The first-order chi connectivity index (χ1) is 21.7. The molecule has 1 heterocycles. The summed E-state index contributed by atoms with van der Waals surface area (Å²) in [5.41, 5.74) is 3.91. The number of rotatable bonds is 12. The zero-order chi connectivity index (χ0) is 33.6. The predicted molar refractivity (Wildman–Crippen MR) is 181 cm³/mol. The zero-order valence-electron chi connectivity index (χ0n) is 27.6. The van der Waals surface area contributed by atoms with Crippen LogP contribution in [-0.2, 0) is 26.0 Å². The third-order valence-electron chi connectivity index (χ3n) is 7.80. The van der Waals surface area contributed by atoms with Crippen molar-refractivity contribution in [3.8, 4) is 11.5 Å². The topological polar surface area (TPSA) is 111 Å². The molecule has 46 heavy (non-hydrogen) atoms. The predicted octanol–water partition coefficient (Wildman–Crippen LogP) is 7.60. The fraction of sp³-hybridized carbons (Fsp3) is 0.378. The van der Waals surface area contributed by atoms with Gasteiger partial charge < -0.3 is 19.3 Å². The van der Waals surface area contributed by atoms with Gasteiger partial charge in [0.15, 0.2) is 6.10 Å². The van der Waals surface area contributed by atoms with Gasteiger partial charge in [0.05, 0.1) is 18.1 Å². The molecule has 9 heteroatoms. The van der Waals surface area contributed by atoms with Crippen LogP contribution in [0, 0.1) is 11.3 Å². The Hall–Kier alpha value is -4.08. The summed E-state index contributed by atoms with van der Waals surface area (Å²) in [4.78, 5) is 12.8. The summed E-state index contributed by atoms with van der Waals surface area (Å²) in [5.74, 6) is 0.278. The molecule has 2 aromatic rings. The Morgan fingerprint density at radius 1 is 1.22 bits per heavy atom. The molecule has 2 aromatic carbocycles. The Balaban J connectivity index is 1.80. The minimum atomic E-state index is -4.07. The number of carbonyl (C=O) groups is 1. The van der Waals surface area contributed by atoms with E-state index in [1.165, 1.54) is 12.1 Å². The lowest BCUT2D eigenvalue weighted by Crippen LogP contribution is -2.35. The smallest absolute Gasteiger partial charge is 0.337 e. The lowest BCUT2D eigenvalue weighted by Gasteiger charge is -2.34. The van der Waals surface area contributed by atoms with E-state index in [-0.39, 0.29) is 22.8 Å². The van der Waals surface area contributed by atoms with Gasteiger partial charge in [0, 0.05) is 17.3 Å². The lowest BCUT2D eigenvalue weighted by molar-refractivity contribution is -0.149. The third kappa shape index (κ3) is 8.39. The zero-order valence-corrected chi connectivity index (χ0v) is 28.4. The average molecular weight is 648 g/mol. The highest BCUT2D eigenvalue weighted by Crippen LogP contribution is 2.43. The summed E-state index contributed by atoms with van der Waals surface area (Å²) < 4.78 is 48.2. The molecule has 246 valence electrons. The van der Waals surface area contributed by atoms with Crippen molar-refractivity contribution in [3.63, 3.8) is 0 Å². The fourth-order valence-corrected chi connectivity index (χ4v) is 6.83. The fourth-order valence-electron chi connectivity index (χ4n) is 5.62. The number of aliphatic carboxylic acids is 1. The molecule has 0 bridgehead atoms. The van der Waals surface area contributed by atoms with Crippen LogP contribution >= 0.6 is 0 Å². The van der Waals surface area contributed by atoms with Crippen LogP contribution in [0.3, 0.4) is 0 Å². The molecule has 2 aliphatic rings. The number of sulfonamides is 1. The van der Waals surface area contributed by atoms with Crippen molar-refractivity contribution in [2.24, 2.45) is 11.3 Å². The van der Waals surface area contributed by atoms with E-state index in [9.17, 15) is 18.3 Å². The molecule has 0 spiro atoms. The number of ether oxygens (including phenoxy) is 3. The van der Waals surface area contributed by atoms with E-state index in [0.717, 1.165) is 35.3 Å². The maximum Gasteiger partial charge on any atom is 0.337 e. The highest BCUT2D eigenvalue weighted by atomic mass is 32.2. The van der Waals surface area contributed by atoms with Gasteiger partial charge in [0.1, 0.15) is 17.3 Å². The first-order valence-electron chi connectivity index (χ1n) is 15.5. The van der Waals surface area contributed by atoms with Gasteiger partial charge in [-0.05, 0) is 103 Å². The lowest BCUT2D eigenvalue weighted by atomic mass is 9.77. The van der Waals surface area contributed by atoms with Gasteiger partial charge in [0.2, 0.25) is 0 Å². The number of allylic oxidation sites excluding steroid dienone is 6. The summed E-state index contributed by atoms with van der Waals surface area (Å²) in [6, 6.07) is 12.2. The molecular formula is C37H45NO7S. The van der Waals surface area contributed by atoms with Gasteiger partial charge in [0.25, 0.3) is 10.0 Å². The largest absolute Gasteiger partial charge is 0.493 e. The second kappa shape index (κ2) is 14.6. The van der Waals surface area contributed by atoms with Crippen LogP contribution in [0.5, 0.6) is 11.5 Å². The molecule has 0 fully saturated rings. The summed E-state index contributed by atoms with van der Waals surface area (Å²) in [7, 11) is -4.07. The molecule has 2 N–H and O–H groups in total. The van der Waals surface area contributed by atoms with Gasteiger partial charge in [-0.15, -0.1) is 0 Å². The van der Waals surface area contributed by atoms with Crippen molar-refractivity contribution in [1.29, 1.82) is 0 Å². The van der Waals surface area contributed by atoms with Crippen LogP contribution in [0.1, 0.15) is 65.5 Å². The molecule has 2 atom stereocenters. The summed E-state index contributed by atoms with van der Waals surface area (Å²) in [6.07, 6.45) is 7.73. The van der Waals surface area contributed by atoms with E-state index in [1.807, 2.05) is 52.8 Å². The average Bonchev–Trinajstić information content (AvgIpc) is 3.00. The molecule has 0 saturated carbocycles. The van der Waals surface area contributed by atoms with Gasteiger partial charge in [-0.3, -0.25) is 4.72 Å². The number of carboxylic acid groups (broad SMARTS) is 1. The highest BCUT2D eigenvalue weighted by molar-refractivity contribution is 7.89. The Morgan fingerprint density at radius 3 is 2.65 bits per heavy atom. The van der Waals surface area contributed by atoms with E-state index < -0.39 is 22.1 Å². The van der Waals surface area contributed by atoms with Gasteiger partial charge in [-0.2, -0.15) is 0 Å². The Bertz CT molecular complexity index is 1710. The molecule has 0 aromatic heterocycles. The minimum absolute atomic E-state index is 0.0113. The molecule has 0 saturated heterocycles. The molecule has 1 aliphatic carbocycles. The summed E-state index contributed by atoms with van der Waals surface area (Å²) >= 11 is 0. The van der Waals surface area contributed by atoms with Crippen molar-refractivity contribution in [3.05, 3.63) is 107 Å².